The standard InChI is InChI=1S/C19H26N4O2.3ClH/c1-15-6-4-8-17(21-15)13-23(19(24)12-20-10-11-25-3)14-18-9-5-7-16(2)22-18;;;/h4-9,20H,10-14H2,1-3H3;3*1H. The molecule has 28 heavy (non-hydrogen) atoms. The summed E-state index contributed by atoms with van der Waals surface area (Å²) in [6.45, 7) is 6.30. The van der Waals surface area contributed by atoms with E-state index in [-0.39, 0.29) is 49.7 Å². The molecule has 0 aliphatic rings. The molecule has 0 saturated carbocycles. The Hall–Kier alpha value is -1.44. The fourth-order valence-electron chi connectivity index (χ4n) is 2.48. The number of hydrogen-bond donors (Lipinski definition) is 1. The van der Waals surface area contributed by atoms with Gasteiger partial charge < -0.3 is 15.0 Å². The van der Waals surface area contributed by atoms with Gasteiger partial charge >= 0.3 is 0 Å². The van der Waals surface area contributed by atoms with Crippen molar-refractivity contribution in [1.29, 1.82) is 0 Å². The van der Waals surface area contributed by atoms with Gasteiger partial charge in [0.2, 0.25) is 5.91 Å². The van der Waals surface area contributed by atoms with E-state index in [4.69, 9.17) is 4.74 Å². The van der Waals surface area contributed by atoms with E-state index in [1.165, 1.54) is 0 Å². The predicted molar refractivity (Wildman–Crippen MR) is 119 cm³/mol. The number of nitrogens with one attached hydrogen (secondary N) is 1. The van der Waals surface area contributed by atoms with E-state index in [0.29, 0.717) is 26.2 Å². The maximum Gasteiger partial charge on any atom is 0.237 e. The number of rotatable bonds is 9. The molecule has 6 nitrogen and oxygen atoms in total. The molecule has 0 spiro atoms. The van der Waals surface area contributed by atoms with E-state index in [2.05, 4.69) is 15.3 Å². The molecule has 0 radical (unpaired) electrons. The minimum Gasteiger partial charge on any atom is -0.383 e. The predicted octanol–water partition coefficient (Wildman–Crippen LogP) is 3.12. The Morgan fingerprint density at radius 1 is 0.964 bits per heavy atom. The lowest BCUT2D eigenvalue weighted by Crippen LogP contribution is -2.38. The van der Waals surface area contributed by atoms with Crippen LogP contribution in [-0.2, 0) is 22.6 Å². The van der Waals surface area contributed by atoms with Crippen LogP contribution in [0.3, 0.4) is 0 Å². The van der Waals surface area contributed by atoms with Gasteiger partial charge in [-0.25, -0.2) is 0 Å². The first-order valence-electron chi connectivity index (χ1n) is 8.41. The highest BCUT2D eigenvalue weighted by molar-refractivity contribution is 5.86. The number of methoxy groups -OCH3 is 1. The largest absolute Gasteiger partial charge is 0.383 e. The highest BCUT2D eigenvalue weighted by Crippen LogP contribution is 2.09. The van der Waals surface area contributed by atoms with Crippen molar-refractivity contribution < 1.29 is 9.53 Å². The van der Waals surface area contributed by atoms with Crippen LogP contribution >= 0.6 is 37.2 Å². The van der Waals surface area contributed by atoms with Gasteiger partial charge in [-0.3, -0.25) is 14.8 Å². The number of carbonyl (C=O) groups is 1. The van der Waals surface area contributed by atoms with Crippen LogP contribution in [0.25, 0.3) is 0 Å². The Balaban J connectivity index is 0. The lowest BCUT2D eigenvalue weighted by molar-refractivity contribution is -0.131. The highest BCUT2D eigenvalue weighted by Gasteiger charge is 2.16. The Morgan fingerprint density at radius 2 is 1.46 bits per heavy atom. The van der Waals surface area contributed by atoms with Crippen molar-refractivity contribution in [3.63, 3.8) is 0 Å². The van der Waals surface area contributed by atoms with Crippen LogP contribution < -0.4 is 5.32 Å². The summed E-state index contributed by atoms with van der Waals surface area (Å²) in [6, 6.07) is 11.7. The van der Waals surface area contributed by atoms with Crippen LogP contribution in [0.4, 0.5) is 0 Å². The van der Waals surface area contributed by atoms with E-state index in [0.717, 1.165) is 22.8 Å². The van der Waals surface area contributed by atoms with Crippen molar-refractivity contribution in [2.75, 3.05) is 26.8 Å². The van der Waals surface area contributed by atoms with Crippen molar-refractivity contribution in [3.8, 4) is 0 Å². The Bertz CT molecular complexity index is 657. The minimum absolute atomic E-state index is 0. The monoisotopic (exact) mass is 450 g/mol. The van der Waals surface area contributed by atoms with E-state index in [9.17, 15) is 4.79 Å². The zero-order valence-corrected chi connectivity index (χ0v) is 18.8. The quantitative estimate of drug-likeness (QED) is 0.593. The molecule has 0 aromatic carbocycles. The van der Waals surface area contributed by atoms with Crippen LogP contribution in [0.5, 0.6) is 0 Å². The maximum absolute atomic E-state index is 12.7. The Labute approximate surface area is 185 Å². The molecule has 0 saturated heterocycles. The second kappa shape index (κ2) is 15.5. The average Bonchev–Trinajstić information content (AvgIpc) is 2.58. The van der Waals surface area contributed by atoms with Crippen LogP contribution in [0.1, 0.15) is 22.8 Å². The van der Waals surface area contributed by atoms with E-state index >= 15 is 0 Å². The van der Waals surface area contributed by atoms with Crippen LogP contribution in [0.15, 0.2) is 36.4 Å². The van der Waals surface area contributed by atoms with Crippen molar-refractivity contribution in [1.82, 2.24) is 20.2 Å². The van der Waals surface area contributed by atoms with E-state index < -0.39 is 0 Å². The highest BCUT2D eigenvalue weighted by atomic mass is 35.5. The third kappa shape index (κ3) is 10.2. The molecule has 0 aliphatic carbocycles. The lowest BCUT2D eigenvalue weighted by Gasteiger charge is -2.23. The van der Waals surface area contributed by atoms with Gasteiger partial charge in [0.1, 0.15) is 0 Å². The van der Waals surface area contributed by atoms with Gasteiger partial charge in [0.25, 0.3) is 0 Å². The van der Waals surface area contributed by atoms with Crippen LogP contribution in [0, 0.1) is 13.8 Å². The van der Waals surface area contributed by atoms with Gasteiger partial charge in [-0.05, 0) is 38.1 Å². The number of ether oxygens (including phenoxy) is 1. The number of hydrogen-bond acceptors (Lipinski definition) is 5. The van der Waals surface area contributed by atoms with Crippen molar-refractivity contribution in [2.24, 2.45) is 0 Å². The number of aryl methyl sites for hydroxylation is 2. The second-order valence-corrected chi connectivity index (χ2v) is 5.96. The van der Waals surface area contributed by atoms with Gasteiger partial charge in [-0.2, -0.15) is 0 Å². The normalized spacial score (nSPS) is 9.54. The molecule has 2 aromatic heterocycles. The molecule has 0 aliphatic heterocycles. The van der Waals surface area contributed by atoms with Crippen molar-refractivity contribution in [2.45, 2.75) is 26.9 Å². The molecule has 2 aromatic rings. The van der Waals surface area contributed by atoms with Gasteiger partial charge in [-0.15, -0.1) is 37.2 Å². The van der Waals surface area contributed by atoms with Gasteiger partial charge in [0, 0.05) is 25.0 Å². The minimum atomic E-state index is 0. The molecule has 0 unspecified atom stereocenters. The number of nitrogens with zero attached hydrogens (tertiary/aromatic N) is 3. The van der Waals surface area contributed by atoms with Crippen molar-refractivity contribution >= 4 is 43.1 Å². The van der Waals surface area contributed by atoms with Gasteiger partial charge in [0.15, 0.2) is 0 Å². The van der Waals surface area contributed by atoms with E-state index in [1.807, 2.05) is 50.2 Å². The first-order valence-corrected chi connectivity index (χ1v) is 8.41. The summed E-state index contributed by atoms with van der Waals surface area (Å²) in [5.74, 6) is 0.0164. The maximum atomic E-state index is 12.7. The summed E-state index contributed by atoms with van der Waals surface area (Å²) in [6.07, 6.45) is 0. The van der Waals surface area contributed by atoms with Crippen LogP contribution in [0.2, 0.25) is 0 Å². The number of amides is 1. The number of pyridine rings is 2. The molecule has 158 valence electrons. The SMILES string of the molecule is COCCNCC(=O)N(Cc1cccc(C)n1)Cc1cccc(C)n1.Cl.Cl.Cl. The number of halogens is 3. The summed E-state index contributed by atoms with van der Waals surface area (Å²) in [5, 5.41) is 3.10. The first-order chi connectivity index (χ1) is 12.1. The zero-order valence-electron chi connectivity index (χ0n) is 16.4. The summed E-state index contributed by atoms with van der Waals surface area (Å²) in [7, 11) is 1.64. The van der Waals surface area contributed by atoms with Gasteiger partial charge in [0.05, 0.1) is 37.6 Å². The fourth-order valence-corrected chi connectivity index (χ4v) is 2.48. The van der Waals surface area contributed by atoms with Crippen molar-refractivity contribution in [3.05, 3.63) is 59.2 Å². The molecule has 2 rings (SSSR count). The zero-order chi connectivity index (χ0) is 18.1. The topological polar surface area (TPSA) is 67.3 Å². The van der Waals surface area contributed by atoms with Gasteiger partial charge in [-0.1, -0.05) is 12.1 Å². The third-order valence-corrected chi connectivity index (χ3v) is 3.71. The molecular weight excluding hydrogens is 423 g/mol. The molecule has 0 atom stereocenters. The molecular formula is C19H29Cl3N4O2. The fraction of sp³-hybridized carbons (Fsp3) is 0.421. The molecule has 0 fully saturated rings. The molecule has 0 bridgehead atoms. The van der Waals surface area contributed by atoms with Crippen LogP contribution in [-0.4, -0.2) is 47.6 Å². The Kier molecular flexibility index (Phi) is 15.9. The summed E-state index contributed by atoms with van der Waals surface area (Å²) in [5.41, 5.74) is 3.63. The third-order valence-electron chi connectivity index (χ3n) is 3.71. The Morgan fingerprint density at radius 3 is 1.89 bits per heavy atom. The summed E-state index contributed by atoms with van der Waals surface area (Å²) in [4.78, 5) is 23.5. The molecule has 2 heterocycles. The smallest absolute Gasteiger partial charge is 0.237 e. The molecule has 9 heteroatoms. The first kappa shape index (κ1) is 28.8. The molecule has 1 amide bonds. The number of aromatic nitrogens is 2. The number of carbonyl (C=O) groups excluding carboxylic acids is 1. The lowest BCUT2D eigenvalue weighted by atomic mass is 10.2. The van der Waals surface area contributed by atoms with E-state index in [1.54, 1.807) is 12.0 Å². The summed E-state index contributed by atoms with van der Waals surface area (Å²) < 4.78 is 4.99. The summed E-state index contributed by atoms with van der Waals surface area (Å²) >= 11 is 0. The second-order valence-electron chi connectivity index (χ2n) is 5.96. The molecule has 1 N–H and O–H groups in total. The average molecular weight is 452 g/mol.